The lowest BCUT2D eigenvalue weighted by molar-refractivity contribution is 0.344. The van der Waals surface area contributed by atoms with Gasteiger partial charge in [0.15, 0.2) is 0 Å². The largest absolute Gasteiger partial charge is 0.493 e. The van der Waals surface area contributed by atoms with E-state index in [0.29, 0.717) is 6.54 Å². The van der Waals surface area contributed by atoms with Crippen LogP contribution in [0, 0.1) is 0 Å². The van der Waals surface area contributed by atoms with Crippen molar-refractivity contribution in [3.05, 3.63) is 21.2 Å². The lowest BCUT2D eigenvalue weighted by atomic mass is 9.79. The predicted molar refractivity (Wildman–Crippen MR) is 74.6 cm³/mol. The van der Waals surface area contributed by atoms with Crippen LogP contribution in [-0.4, -0.2) is 19.8 Å². The third kappa shape index (κ3) is 1.58. The normalized spacial score (nSPS) is 17.1. The molecule has 0 aromatic heterocycles. The van der Waals surface area contributed by atoms with Gasteiger partial charge in [0.1, 0.15) is 11.5 Å². The molecule has 0 bridgehead atoms. The van der Waals surface area contributed by atoms with Gasteiger partial charge in [-0.1, -0.05) is 13.8 Å². The van der Waals surface area contributed by atoms with E-state index in [9.17, 15) is 0 Å². The molecule has 0 amide bonds. The highest BCUT2D eigenvalue weighted by atomic mass is 79.9. The Bertz CT molecular complexity index is 476. The molecule has 0 saturated carbocycles. The molecule has 1 aromatic rings. The molecule has 0 unspecified atom stereocenters. The van der Waals surface area contributed by atoms with Crippen molar-refractivity contribution in [3.8, 4) is 11.5 Å². The Morgan fingerprint density at radius 2 is 1.72 bits per heavy atom. The topological polar surface area (TPSA) is 44.5 Å². The van der Waals surface area contributed by atoms with Gasteiger partial charge in [0, 0.05) is 41.5 Å². The van der Waals surface area contributed by atoms with E-state index in [1.54, 1.807) is 0 Å². The number of hydrogen-bond donors (Lipinski definition) is 1. The number of ether oxygens (including phenoxy) is 2. The Morgan fingerprint density at radius 3 is 2.39 bits per heavy atom. The maximum Gasteiger partial charge on any atom is 0.137 e. The molecule has 4 heteroatoms. The van der Waals surface area contributed by atoms with Crippen molar-refractivity contribution < 1.29 is 9.47 Å². The summed E-state index contributed by atoms with van der Waals surface area (Å²) in [5.74, 6) is 2.05. The van der Waals surface area contributed by atoms with Crippen molar-refractivity contribution in [2.45, 2.75) is 32.1 Å². The van der Waals surface area contributed by atoms with E-state index >= 15 is 0 Å². The van der Waals surface area contributed by atoms with Crippen LogP contribution in [0.15, 0.2) is 4.47 Å². The highest BCUT2D eigenvalue weighted by Crippen LogP contribution is 2.50. The Morgan fingerprint density at radius 1 is 1.11 bits per heavy atom. The fraction of sp³-hybridized carbons (Fsp3) is 0.571. The van der Waals surface area contributed by atoms with E-state index in [-0.39, 0.29) is 5.41 Å². The van der Waals surface area contributed by atoms with Gasteiger partial charge in [0.2, 0.25) is 0 Å². The van der Waals surface area contributed by atoms with E-state index in [2.05, 4.69) is 29.8 Å². The summed E-state index contributed by atoms with van der Waals surface area (Å²) in [7, 11) is 0. The molecular formula is C14H18BrNO2. The van der Waals surface area contributed by atoms with Crippen LogP contribution in [0.1, 0.15) is 30.5 Å². The highest BCUT2D eigenvalue weighted by Gasteiger charge is 2.36. The molecule has 3 nitrogen and oxygen atoms in total. The lowest BCUT2D eigenvalue weighted by Crippen LogP contribution is -2.29. The molecule has 0 radical (unpaired) electrons. The number of halogens is 1. The quantitative estimate of drug-likeness (QED) is 0.913. The second-order valence-electron chi connectivity index (χ2n) is 5.59. The van der Waals surface area contributed by atoms with Crippen LogP contribution in [0.25, 0.3) is 0 Å². The van der Waals surface area contributed by atoms with E-state index in [4.69, 9.17) is 15.2 Å². The van der Waals surface area contributed by atoms with Gasteiger partial charge < -0.3 is 15.2 Å². The maximum absolute atomic E-state index is 5.96. The van der Waals surface area contributed by atoms with Crippen LogP contribution in [0.5, 0.6) is 11.5 Å². The number of rotatable bonds is 2. The molecule has 0 aliphatic carbocycles. The first-order valence-corrected chi connectivity index (χ1v) is 7.19. The molecule has 2 aliphatic rings. The average molecular weight is 312 g/mol. The Kier molecular flexibility index (Phi) is 2.83. The third-order valence-corrected chi connectivity index (χ3v) is 4.76. The average Bonchev–Trinajstić information content (AvgIpc) is 2.97. The van der Waals surface area contributed by atoms with Gasteiger partial charge in [0.05, 0.1) is 17.7 Å². The summed E-state index contributed by atoms with van der Waals surface area (Å²) in [6.45, 7) is 6.47. The number of benzene rings is 1. The highest BCUT2D eigenvalue weighted by molar-refractivity contribution is 9.10. The minimum Gasteiger partial charge on any atom is -0.493 e. The zero-order chi connectivity index (χ0) is 12.9. The maximum atomic E-state index is 5.96. The molecule has 0 fully saturated rings. The monoisotopic (exact) mass is 311 g/mol. The van der Waals surface area contributed by atoms with Crippen molar-refractivity contribution in [3.63, 3.8) is 0 Å². The zero-order valence-electron chi connectivity index (χ0n) is 10.8. The second-order valence-corrected chi connectivity index (χ2v) is 6.38. The molecule has 0 spiro atoms. The SMILES string of the molecule is CC(C)(CN)c1c2c(c(Br)c3c1OCC3)OCC2. The summed E-state index contributed by atoms with van der Waals surface area (Å²) in [5.41, 5.74) is 9.66. The fourth-order valence-electron chi connectivity index (χ4n) is 2.87. The van der Waals surface area contributed by atoms with Crippen molar-refractivity contribution >= 4 is 15.9 Å². The van der Waals surface area contributed by atoms with Crippen LogP contribution < -0.4 is 15.2 Å². The molecule has 18 heavy (non-hydrogen) atoms. The predicted octanol–water partition coefficient (Wildman–Crippen LogP) is 2.56. The van der Waals surface area contributed by atoms with Crippen molar-refractivity contribution in [2.24, 2.45) is 5.73 Å². The van der Waals surface area contributed by atoms with Gasteiger partial charge in [-0.25, -0.2) is 0 Å². The van der Waals surface area contributed by atoms with Crippen molar-refractivity contribution in [1.82, 2.24) is 0 Å². The van der Waals surface area contributed by atoms with E-state index in [1.807, 2.05) is 0 Å². The first-order chi connectivity index (χ1) is 8.56. The fourth-order valence-corrected chi connectivity index (χ4v) is 3.60. The number of nitrogens with two attached hydrogens (primary N) is 1. The van der Waals surface area contributed by atoms with Crippen LogP contribution in [0.2, 0.25) is 0 Å². The molecule has 3 rings (SSSR count). The summed E-state index contributed by atoms with van der Waals surface area (Å²) in [6, 6.07) is 0. The van der Waals surface area contributed by atoms with Crippen LogP contribution in [0.4, 0.5) is 0 Å². The molecule has 0 atom stereocenters. The summed E-state index contributed by atoms with van der Waals surface area (Å²) in [4.78, 5) is 0. The van der Waals surface area contributed by atoms with Gasteiger partial charge in [-0.3, -0.25) is 0 Å². The third-order valence-electron chi connectivity index (χ3n) is 3.93. The summed E-state index contributed by atoms with van der Waals surface area (Å²) >= 11 is 3.67. The first kappa shape index (κ1) is 12.3. The Hall–Kier alpha value is -0.740. The van der Waals surface area contributed by atoms with Crippen molar-refractivity contribution in [2.75, 3.05) is 19.8 Å². The van der Waals surface area contributed by atoms with Gasteiger partial charge in [-0.05, 0) is 15.9 Å². The van der Waals surface area contributed by atoms with Gasteiger partial charge >= 0.3 is 0 Å². The first-order valence-electron chi connectivity index (χ1n) is 6.39. The Balaban J connectivity index is 2.31. The van der Waals surface area contributed by atoms with Gasteiger partial charge in [-0.15, -0.1) is 0 Å². The molecule has 2 aliphatic heterocycles. The van der Waals surface area contributed by atoms with Gasteiger partial charge in [-0.2, -0.15) is 0 Å². The Labute approximate surface area is 116 Å². The smallest absolute Gasteiger partial charge is 0.137 e. The molecular weight excluding hydrogens is 294 g/mol. The summed E-state index contributed by atoms with van der Waals surface area (Å²) in [6.07, 6.45) is 1.89. The molecule has 0 saturated heterocycles. The van der Waals surface area contributed by atoms with Gasteiger partial charge in [0.25, 0.3) is 0 Å². The van der Waals surface area contributed by atoms with Crippen LogP contribution >= 0.6 is 15.9 Å². The second kappa shape index (κ2) is 4.14. The van der Waals surface area contributed by atoms with Crippen molar-refractivity contribution in [1.29, 1.82) is 0 Å². The minimum absolute atomic E-state index is 0.0765. The number of fused-ring (bicyclic) bond motifs is 2. The lowest BCUT2D eigenvalue weighted by Gasteiger charge is -2.28. The van der Waals surface area contributed by atoms with Crippen LogP contribution in [0.3, 0.4) is 0 Å². The number of hydrogen-bond acceptors (Lipinski definition) is 3. The van der Waals surface area contributed by atoms with E-state index < -0.39 is 0 Å². The molecule has 1 aromatic carbocycles. The van der Waals surface area contributed by atoms with E-state index in [0.717, 1.165) is 42.0 Å². The molecule has 2 N–H and O–H groups in total. The van der Waals surface area contributed by atoms with Crippen LogP contribution in [-0.2, 0) is 18.3 Å². The molecule has 2 heterocycles. The zero-order valence-corrected chi connectivity index (χ0v) is 12.4. The summed E-state index contributed by atoms with van der Waals surface area (Å²) in [5, 5.41) is 0. The standard InChI is InChI=1S/C14H18BrNO2/c1-14(2,7-16)10-8-3-5-18-13(8)11(15)9-4-6-17-12(9)10/h3-7,16H2,1-2H3. The summed E-state index contributed by atoms with van der Waals surface area (Å²) < 4.78 is 12.8. The van der Waals surface area contributed by atoms with E-state index in [1.165, 1.54) is 16.7 Å². The minimum atomic E-state index is -0.0765. The molecule has 98 valence electrons.